The lowest BCUT2D eigenvalue weighted by Gasteiger charge is -2.22. The van der Waals surface area contributed by atoms with Crippen LogP contribution in [0.15, 0.2) is 49.3 Å². The summed E-state index contributed by atoms with van der Waals surface area (Å²) in [7, 11) is 0. The van der Waals surface area contributed by atoms with Crippen molar-refractivity contribution in [3.05, 3.63) is 65.7 Å². The molecule has 0 saturated carbocycles. The molecule has 5 heteroatoms. The van der Waals surface area contributed by atoms with Crippen LogP contribution in [0.3, 0.4) is 0 Å². The molecule has 0 unspecified atom stereocenters. The number of amides is 1. The van der Waals surface area contributed by atoms with Crippen molar-refractivity contribution in [1.82, 2.24) is 14.5 Å². The average molecular weight is 346 g/mol. The minimum atomic E-state index is 0.127. The molecular formula is C19H24ClN3O. The van der Waals surface area contributed by atoms with Crippen LogP contribution in [0.5, 0.6) is 0 Å². The van der Waals surface area contributed by atoms with Crippen LogP contribution in [-0.2, 0) is 17.9 Å². The first-order valence-electron chi connectivity index (χ1n) is 8.12. The van der Waals surface area contributed by atoms with Gasteiger partial charge in [0.15, 0.2) is 0 Å². The lowest BCUT2D eigenvalue weighted by Crippen LogP contribution is -2.32. The van der Waals surface area contributed by atoms with Crippen molar-refractivity contribution in [3.8, 4) is 0 Å². The third-order valence-electron chi connectivity index (χ3n) is 3.66. The molecule has 0 atom stereocenters. The molecule has 2 rings (SSSR count). The average Bonchev–Trinajstić information content (AvgIpc) is 2.93. The Hall–Kier alpha value is -2.07. The molecule has 1 amide bonds. The smallest absolute Gasteiger partial charge is 0.223 e. The van der Waals surface area contributed by atoms with Gasteiger partial charge in [0.1, 0.15) is 5.82 Å². The van der Waals surface area contributed by atoms with Crippen LogP contribution in [0.1, 0.15) is 31.7 Å². The fourth-order valence-corrected chi connectivity index (χ4v) is 2.74. The summed E-state index contributed by atoms with van der Waals surface area (Å²) in [4.78, 5) is 18.6. The van der Waals surface area contributed by atoms with Gasteiger partial charge in [-0.1, -0.05) is 43.7 Å². The number of rotatable bonds is 8. The molecule has 128 valence electrons. The standard InChI is InChI=1S/C19H24ClN3O/c1-4-9-23(19(24)11-15(2)3)14-18-21-8-10-22(18)13-16-6-5-7-17(20)12-16/h4-8,10,12,15H,1,9,11,13-14H2,2-3H3. The number of carbonyl (C=O) groups is 1. The minimum Gasteiger partial charge on any atom is -0.332 e. The molecule has 1 aromatic heterocycles. The van der Waals surface area contributed by atoms with E-state index in [1.165, 1.54) is 0 Å². The molecule has 0 bridgehead atoms. The number of benzene rings is 1. The van der Waals surface area contributed by atoms with Gasteiger partial charge in [-0.25, -0.2) is 4.98 Å². The lowest BCUT2D eigenvalue weighted by atomic mass is 10.1. The highest BCUT2D eigenvalue weighted by molar-refractivity contribution is 6.30. The summed E-state index contributed by atoms with van der Waals surface area (Å²) in [5.41, 5.74) is 1.10. The fraction of sp³-hybridized carbons (Fsp3) is 0.368. The van der Waals surface area contributed by atoms with Gasteiger partial charge in [0.2, 0.25) is 5.91 Å². The molecule has 1 heterocycles. The summed E-state index contributed by atoms with van der Waals surface area (Å²) >= 11 is 6.05. The zero-order valence-corrected chi connectivity index (χ0v) is 15.0. The molecule has 0 aliphatic carbocycles. The molecule has 24 heavy (non-hydrogen) atoms. The van der Waals surface area contributed by atoms with E-state index in [-0.39, 0.29) is 5.91 Å². The largest absolute Gasteiger partial charge is 0.332 e. The summed E-state index contributed by atoms with van der Waals surface area (Å²) < 4.78 is 2.05. The Morgan fingerprint density at radius 2 is 2.25 bits per heavy atom. The van der Waals surface area contributed by atoms with Gasteiger partial charge in [-0.2, -0.15) is 0 Å². The van der Waals surface area contributed by atoms with Gasteiger partial charge in [0.05, 0.1) is 6.54 Å². The summed E-state index contributed by atoms with van der Waals surface area (Å²) in [6.45, 7) is 9.52. The van der Waals surface area contributed by atoms with Gasteiger partial charge in [-0.05, 0) is 23.6 Å². The Bertz CT molecular complexity index is 693. The molecule has 0 spiro atoms. The van der Waals surface area contributed by atoms with Crippen LogP contribution >= 0.6 is 11.6 Å². The maximum atomic E-state index is 12.4. The molecule has 2 aromatic rings. The lowest BCUT2D eigenvalue weighted by molar-refractivity contribution is -0.132. The molecule has 0 aliphatic rings. The van der Waals surface area contributed by atoms with E-state index in [4.69, 9.17) is 11.6 Å². The molecule has 0 radical (unpaired) electrons. The van der Waals surface area contributed by atoms with Gasteiger partial charge >= 0.3 is 0 Å². The zero-order valence-electron chi connectivity index (χ0n) is 14.3. The normalized spacial score (nSPS) is 10.8. The van der Waals surface area contributed by atoms with Crippen LogP contribution in [-0.4, -0.2) is 26.9 Å². The van der Waals surface area contributed by atoms with Crippen LogP contribution < -0.4 is 0 Å². The molecule has 1 aromatic carbocycles. The molecule has 0 N–H and O–H groups in total. The number of carbonyl (C=O) groups excluding carboxylic acids is 1. The van der Waals surface area contributed by atoms with Crippen molar-refractivity contribution in [2.45, 2.75) is 33.4 Å². The topological polar surface area (TPSA) is 38.1 Å². The number of aromatic nitrogens is 2. The first-order valence-corrected chi connectivity index (χ1v) is 8.50. The summed E-state index contributed by atoms with van der Waals surface area (Å²) in [6, 6.07) is 7.76. The zero-order chi connectivity index (χ0) is 17.5. The molecule has 0 saturated heterocycles. The number of nitrogens with zero attached hydrogens (tertiary/aromatic N) is 3. The first-order chi connectivity index (χ1) is 11.5. The van der Waals surface area contributed by atoms with Gasteiger partial charge in [-0.3, -0.25) is 4.79 Å². The number of hydrogen-bond donors (Lipinski definition) is 0. The predicted octanol–water partition coefficient (Wildman–Crippen LogP) is 4.15. The second-order valence-corrected chi connectivity index (χ2v) is 6.70. The molecule has 0 aliphatic heterocycles. The maximum Gasteiger partial charge on any atom is 0.223 e. The summed E-state index contributed by atoms with van der Waals surface area (Å²) in [6.07, 6.45) is 5.97. The van der Waals surface area contributed by atoms with Crippen molar-refractivity contribution in [2.24, 2.45) is 5.92 Å². The van der Waals surface area contributed by atoms with E-state index in [9.17, 15) is 4.79 Å². The van der Waals surface area contributed by atoms with Crippen LogP contribution in [0.4, 0.5) is 0 Å². The van der Waals surface area contributed by atoms with E-state index in [1.807, 2.05) is 48.9 Å². The van der Waals surface area contributed by atoms with E-state index >= 15 is 0 Å². The SMILES string of the molecule is C=CCN(Cc1nccn1Cc1cccc(Cl)c1)C(=O)CC(C)C. The van der Waals surface area contributed by atoms with Gasteiger partial charge in [0, 0.05) is 36.9 Å². The Morgan fingerprint density at radius 1 is 1.46 bits per heavy atom. The number of imidazole rings is 1. The second-order valence-electron chi connectivity index (χ2n) is 6.26. The number of halogens is 1. The van der Waals surface area contributed by atoms with Crippen LogP contribution in [0.2, 0.25) is 5.02 Å². The van der Waals surface area contributed by atoms with E-state index in [2.05, 4.69) is 11.6 Å². The van der Waals surface area contributed by atoms with E-state index in [1.54, 1.807) is 17.2 Å². The maximum absolute atomic E-state index is 12.4. The van der Waals surface area contributed by atoms with Crippen molar-refractivity contribution in [1.29, 1.82) is 0 Å². The Kier molecular flexibility index (Phi) is 6.62. The highest BCUT2D eigenvalue weighted by Crippen LogP contribution is 2.14. The third-order valence-corrected chi connectivity index (χ3v) is 3.90. The van der Waals surface area contributed by atoms with Crippen molar-refractivity contribution < 1.29 is 4.79 Å². The first kappa shape index (κ1) is 18.3. The van der Waals surface area contributed by atoms with E-state index in [0.29, 0.717) is 32.0 Å². The Morgan fingerprint density at radius 3 is 2.92 bits per heavy atom. The Balaban J connectivity index is 2.12. The highest BCUT2D eigenvalue weighted by atomic mass is 35.5. The minimum absolute atomic E-state index is 0.127. The quantitative estimate of drug-likeness (QED) is 0.674. The summed E-state index contributed by atoms with van der Waals surface area (Å²) in [5.74, 6) is 1.31. The predicted molar refractivity (Wildman–Crippen MR) is 97.9 cm³/mol. The highest BCUT2D eigenvalue weighted by Gasteiger charge is 2.16. The van der Waals surface area contributed by atoms with E-state index in [0.717, 1.165) is 16.4 Å². The van der Waals surface area contributed by atoms with Crippen LogP contribution in [0, 0.1) is 5.92 Å². The van der Waals surface area contributed by atoms with Gasteiger partial charge in [0.25, 0.3) is 0 Å². The summed E-state index contributed by atoms with van der Waals surface area (Å²) in [5, 5.41) is 0.717. The van der Waals surface area contributed by atoms with Crippen molar-refractivity contribution in [2.75, 3.05) is 6.54 Å². The monoisotopic (exact) mass is 345 g/mol. The van der Waals surface area contributed by atoms with E-state index < -0.39 is 0 Å². The van der Waals surface area contributed by atoms with Crippen molar-refractivity contribution >= 4 is 17.5 Å². The van der Waals surface area contributed by atoms with Gasteiger partial charge < -0.3 is 9.47 Å². The molecule has 4 nitrogen and oxygen atoms in total. The molecule has 0 fully saturated rings. The van der Waals surface area contributed by atoms with Crippen molar-refractivity contribution in [3.63, 3.8) is 0 Å². The molecular weight excluding hydrogens is 322 g/mol. The Labute approximate surface area is 148 Å². The fourth-order valence-electron chi connectivity index (χ4n) is 2.53. The van der Waals surface area contributed by atoms with Crippen LogP contribution in [0.25, 0.3) is 0 Å². The third kappa shape index (κ3) is 5.24. The number of hydrogen-bond acceptors (Lipinski definition) is 2. The second kappa shape index (κ2) is 8.69. The van der Waals surface area contributed by atoms with Gasteiger partial charge in [-0.15, -0.1) is 6.58 Å².